The van der Waals surface area contributed by atoms with Gasteiger partial charge in [0, 0.05) is 13.6 Å². The Hall–Kier alpha value is -1.70. The van der Waals surface area contributed by atoms with E-state index in [0.717, 1.165) is 0 Å². The predicted octanol–water partition coefficient (Wildman–Crippen LogP) is -1.41. The average Bonchev–Trinajstić information content (AvgIpc) is 2.74. The van der Waals surface area contributed by atoms with Crippen molar-refractivity contribution in [1.29, 1.82) is 0 Å². The van der Waals surface area contributed by atoms with Gasteiger partial charge in [-0.1, -0.05) is 5.10 Å². The molecule has 0 saturated carbocycles. The number of rotatable bonds is 2. The van der Waals surface area contributed by atoms with Crippen molar-refractivity contribution in [3.63, 3.8) is 0 Å². The van der Waals surface area contributed by atoms with Crippen LogP contribution in [-0.2, 0) is 21.3 Å². The van der Waals surface area contributed by atoms with Crippen LogP contribution in [0.4, 0.5) is 5.95 Å². The molecule has 1 aliphatic rings. The Morgan fingerprint density at radius 3 is 3.06 bits per heavy atom. The number of carbonyl (C=O) groups excluding carboxylic acids is 1. The molecule has 1 aliphatic heterocycles. The van der Waals surface area contributed by atoms with Crippen molar-refractivity contribution in [3.8, 4) is 0 Å². The molecule has 1 aromatic heterocycles. The number of aromatic nitrogens is 4. The van der Waals surface area contributed by atoms with E-state index in [-0.39, 0.29) is 5.97 Å². The highest BCUT2D eigenvalue weighted by molar-refractivity contribution is 5.79. The number of hydrogen-bond acceptors (Lipinski definition) is 7. The zero-order valence-electron chi connectivity index (χ0n) is 9.16. The third kappa shape index (κ3) is 1.83. The Morgan fingerprint density at radius 1 is 1.62 bits per heavy atom. The van der Waals surface area contributed by atoms with Gasteiger partial charge in [0.25, 0.3) is 0 Å². The van der Waals surface area contributed by atoms with E-state index in [9.17, 15) is 4.79 Å². The number of aryl methyl sites for hydroxylation is 1. The molecule has 1 fully saturated rings. The predicted molar refractivity (Wildman–Crippen MR) is 52.8 cm³/mol. The molecule has 0 amide bonds. The zero-order chi connectivity index (χ0) is 11.5. The Balaban J connectivity index is 2.23. The number of morpholine rings is 1. The number of esters is 1. The fraction of sp³-hybridized carbons (Fsp3) is 0.750. The molecule has 16 heavy (non-hydrogen) atoms. The maximum absolute atomic E-state index is 11.6. The van der Waals surface area contributed by atoms with Gasteiger partial charge < -0.3 is 14.4 Å². The van der Waals surface area contributed by atoms with E-state index in [1.54, 1.807) is 11.9 Å². The molecule has 0 aromatic carbocycles. The van der Waals surface area contributed by atoms with E-state index in [1.807, 2.05) is 0 Å². The minimum atomic E-state index is -0.483. The van der Waals surface area contributed by atoms with Crippen LogP contribution in [0.1, 0.15) is 0 Å². The van der Waals surface area contributed by atoms with Crippen molar-refractivity contribution in [1.82, 2.24) is 20.2 Å². The van der Waals surface area contributed by atoms with Crippen LogP contribution >= 0.6 is 0 Å². The van der Waals surface area contributed by atoms with Crippen molar-refractivity contribution in [2.45, 2.75) is 6.04 Å². The van der Waals surface area contributed by atoms with Crippen molar-refractivity contribution >= 4 is 11.9 Å². The zero-order valence-corrected chi connectivity index (χ0v) is 9.16. The highest BCUT2D eigenvalue weighted by Crippen LogP contribution is 2.15. The molecule has 1 unspecified atom stereocenters. The highest BCUT2D eigenvalue weighted by atomic mass is 16.5. The summed E-state index contributed by atoms with van der Waals surface area (Å²) in [5.74, 6) is 0.196. The van der Waals surface area contributed by atoms with Crippen LogP contribution < -0.4 is 4.90 Å². The fourth-order valence-electron chi connectivity index (χ4n) is 1.64. The van der Waals surface area contributed by atoms with Crippen LogP contribution in [0.5, 0.6) is 0 Å². The molecule has 8 nitrogen and oxygen atoms in total. The van der Waals surface area contributed by atoms with Crippen LogP contribution in [0.2, 0.25) is 0 Å². The monoisotopic (exact) mass is 227 g/mol. The average molecular weight is 227 g/mol. The molecule has 2 rings (SSSR count). The third-order valence-corrected chi connectivity index (χ3v) is 2.46. The fourth-order valence-corrected chi connectivity index (χ4v) is 1.64. The van der Waals surface area contributed by atoms with Gasteiger partial charge in [-0.25, -0.2) is 9.48 Å². The second kappa shape index (κ2) is 4.44. The molecule has 0 aliphatic carbocycles. The largest absolute Gasteiger partial charge is 0.467 e. The molecule has 1 atom stereocenters. The molecular weight excluding hydrogens is 214 g/mol. The normalized spacial score (nSPS) is 20.9. The molecular formula is C8H13N5O3. The molecule has 0 bridgehead atoms. The molecule has 1 saturated heterocycles. The van der Waals surface area contributed by atoms with Crippen molar-refractivity contribution in [2.24, 2.45) is 7.05 Å². The quantitative estimate of drug-likeness (QED) is 0.574. The summed E-state index contributed by atoms with van der Waals surface area (Å²) in [5.41, 5.74) is 0. The van der Waals surface area contributed by atoms with Gasteiger partial charge in [-0.3, -0.25) is 0 Å². The summed E-state index contributed by atoms with van der Waals surface area (Å²) in [6.45, 7) is 1.40. The lowest BCUT2D eigenvalue weighted by molar-refractivity contribution is -0.144. The second-order valence-corrected chi connectivity index (χ2v) is 3.41. The highest BCUT2D eigenvalue weighted by Gasteiger charge is 2.33. The summed E-state index contributed by atoms with van der Waals surface area (Å²) in [7, 11) is 3.07. The molecule has 8 heteroatoms. The number of nitrogens with zero attached hydrogens (tertiary/aromatic N) is 5. The van der Waals surface area contributed by atoms with Crippen LogP contribution in [0.25, 0.3) is 0 Å². The molecule has 88 valence electrons. The molecule has 1 aromatic rings. The minimum absolute atomic E-state index is 0.291. The number of carbonyl (C=O) groups is 1. The summed E-state index contributed by atoms with van der Waals surface area (Å²) < 4.78 is 11.5. The first-order chi connectivity index (χ1) is 7.74. The SMILES string of the molecule is COC(=O)C1COCCN1c1nnnn1C. The standard InChI is InChI=1S/C8H13N5O3/c1-12-8(9-10-11-12)13-3-4-16-5-6(13)7(14)15-2/h6H,3-5H2,1-2H3. The maximum atomic E-state index is 11.6. The van der Waals surface area contributed by atoms with Gasteiger partial charge in [0.15, 0.2) is 6.04 Å². The molecule has 0 radical (unpaired) electrons. The van der Waals surface area contributed by atoms with Crippen LogP contribution in [-0.4, -0.2) is 59.1 Å². The van der Waals surface area contributed by atoms with Gasteiger partial charge in [0.2, 0.25) is 5.95 Å². The first kappa shape index (κ1) is 10.8. The summed E-state index contributed by atoms with van der Waals surface area (Å²) in [4.78, 5) is 13.3. The maximum Gasteiger partial charge on any atom is 0.331 e. The second-order valence-electron chi connectivity index (χ2n) is 3.41. The van der Waals surface area contributed by atoms with Crippen molar-refractivity contribution < 1.29 is 14.3 Å². The van der Waals surface area contributed by atoms with Gasteiger partial charge in [-0.15, -0.1) is 0 Å². The van der Waals surface area contributed by atoms with Crippen LogP contribution in [0.15, 0.2) is 0 Å². The minimum Gasteiger partial charge on any atom is -0.467 e. The van der Waals surface area contributed by atoms with E-state index in [0.29, 0.717) is 25.7 Å². The van der Waals surface area contributed by atoms with E-state index in [1.165, 1.54) is 11.8 Å². The Labute approximate surface area is 92.1 Å². The molecule has 0 spiro atoms. The summed E-state index contributed by atoms with van der Waals surface area (Å²) in [6, 6.07) is -0.483. The molecule has 2 heterocycles. The Morgan fingerprint density at radius 2 is 2.44 bits per heavy atom. The van der Waals surface area contributed by atoms with Crippen molar-refractivity contribution in [3.05, 3.63) is 0 Å². The summed E-state index contributed by atoms with van der Waals surface area (Å²) in [5, 5.41) is 11.1. The third-order valence-electron chi connectivity index (χ3n) is 2.46. The molecule has 0 N–H and O–H groups in total. The van der Waals surface area contributed by atoms with Gasteiger partial charge >= 0.3 is 5.97 Å². The van der Waals surface area contributed by atoms with Gasteiger partial charge in [0.1, 0.15) is 0 Å². The number of ether oxygens (including phenoxy) is 2. The number of anilines is 1. The van der Waals surface area contributed by atoms with E-state index in [4.69, 9.17) is 9.47 Å². The lowest BCUT2D eigenvalue weighted by atomic mass is 10.2. The number of methoxy groups -OCH3 is 1. The van der Waals surface area contributed by atoms with E-state index < -0.39 is 6.04 Å². The smallest absolute Gasteiger partial charge is 0.331 e. The van der Waals surface area contributed by atoms with Gasteiger partial charge in [-0.05, 0) is 10.4 Å². The lowest BCUT2D eigenvalue weighted by Crippen LogP contribution is -2.51. The summed E-state index contributed by atoms with van der Waals surface area (Å²) in [6.07, 6.45) is 0. The van der Waals surface area contributed by atoms with Gasteiger partial charge in [0.05, 0.1) is 20.3 Å². The Bertz CT molecular complexity index is 380. The first-order valence-corrected chi connectivity index (χ1v) is 4.88. The van der Waals surface area contributed by atoms with Crippen LogP contribution in [0, 0.1) is 0 Å². The Kier molecular flexibility index (Phi) is 3.00. The summed E-state index contributed by atoms with van der Waals surface area (Å²) >= 11 is 0. The number of tetrazole rings is 1. The number of hydrogen-bond donors (Lipinski definition) is 0. The lowest BCUT2D eigenvalue weighted by Gasteiger charge is -2.33. The van der Waals surface area contributed by atoms with Crippen LogP contribution in [0.3, 0.4) is 0 Å². The van der Waals surface area contributed by atoms with Crippen molar-refractivity contribution in [2.75, 3.05) is 31.8 Å². The first-order valence-electron chi connectivity index (χ1n) is 4.88. The van der Waals surface area contributed by atoms with E-state index in [2.05, 4.69) is 15.5 Å². The topological polar surface area (TPSA) is 82.4 Å². The van der Waals surface area contributed by atoms with E-state index >= 15 is 0 Å². The van der Waals surface area contributed by atoms with Gasteiger partial charge in [-0.2, -0.15) is 0 Å².